The first-order valence-electron chi connectivity index (χ1n) is 7.03. The van der Waals surface area contributed by atoms with Crippen LogP contribution in [0.15, 0.2) is 0 Å². The Morgan fingerprint density at radius 3 is 3.18 bits per heavy atom. The average molecular weight is 242 g/mol. The smallest absolute Gasteiger partial charge is 0.0702 e. The van der Waals surface area contributed by atoms with Crippen molar-refractivity contribution in [2.45, 2.75) is 38.3 Å². The number of nitrogens with zero attached hydrogens (tertiary/aromatic N) is 1. The van der Waals surface area contributed by atoms with Gasteiger partial charge in [0.2, 0.25) is 0 Å². The van der Waals surface area contributed by atoms with Gasteiger partial charge in [-0.1, -0.05) is 0 Å². The van der Waals surface area contributed by atoms with E-state index < -0.39 is 0 Å². The molecule has 100 valence electrons. The standard InChI is InChI=1S/C13H26N2O2/c1-2-17-13-4-3-7-15(10-13)8-5-12-11-16-9-6-14-12/h12-14H,2-11H2,1H3. The van der Waals surface area contributed by atoms with Gasteiger partial charge in [-0.05, 0) is 39.3 Å². The minimum atomic E-state index is 0.462. The first-order chi connectivity index (χ1) is 8.38. The molecule has 0 aromatic heterocycles. The second kappa shape index (κ2) is 7.31. The summed E-state index contributed by atoms with van der Waals surface area (Å²) in [6, 6.07) is 0.552. The first-order valence-corrected chi connectivity index (χ1v) is 7.03. The van der Waals surface area contributed by atoms with Crippen LogP contribution in [0.3, 0.4) is 0 Å². The summed E-state index contributed by atoms with van der Waals surface area (Å²) in [7, 11) is 0. The van der Waals surface area contributed by atoms with Gasteiger partial charge in [0.15, 0.2) is 0 Å². The van der Waals surface area contributed by atoms with E-state index in [-0.39, 0.29) is 0 Å². The molecule has 2 atom stereocenters. The number of likely N-dealkylation sites (tertiary alicyclic amines) is 1. The van der Waals surface area contributed by atoms with E-state index in [1.54, 1.807) is 0 Å². The van der Waals surface area contributed by atoms with E-state index in [2.05, 4.69) is 17.1 Å². The van der Waals surface area contributed by atoms with Crippen molar-refractivity contribution in [3.8, 4) is 0 Å². The number of rotatable bonds is 5. The maximum Gasteiger partial charge on any atom is 0.0702 e. The van der Waals surface area contributed by atoms with Crippen LogP contribution in [0, 0.1) is 0 Å². The van der Waals surface area contributed by atoms with Crippen molar-refractivity contribution in [3.63, 3.8) is 0 Å². The fourth-order valence-electron chi connectivity index (χ4n) is 2.73. The maximum absolute atomic E-state index is 5.72. The van der Waals surface area contributed by atoms with E-state index in [1.165, 1.54) is 32.4 Å². The van der Waals surface area contributed by atoms with E-state index >= 15 is 0 Å². The van der Waals surface area contributed by atoms with Gasteiger partial charge in [0.25, 0.3) is 0 Å². The third-order valence-corrected chi connectivity index (χ3v) is 3.66. The Balaban J connectivity index is 1.64. The molecule has 2 fully saturated rings. The molecule has 0 radical (unpaired) electrons. The summed E-state index contributed by atoms with van der Waals surface area (Å²) in [6.45, 7) is 9.20. The zero-order valence-electron chi connectivity index (χ0n) is 11.0. The van der Waals surface area contributed by atoms with Crippen LogP contribution in [0.5, 0.6) is 0 Å². The number of nitrogens with one attached hydrogen (secondary N) is 1. The SMILES string of the molecule is CCOC1CCCN(CCC2COCCN2)C1. The molecule has 0 amide bonds. The number of piperidine rings is 1. The molecule has 2 aliphatic rings. The third-order valence-electron chi connectivity index (χ3n) is 3.66. The van der Waals surface area contributed by atoms with Crippen molar-refractivity contribution in [1.29, 1.82) is 0 Å². The molecule has 0 aromatic carbocycles. The minimum absolute atomic E-state index is 0.462. The van der Waals surface area contributed by atoms with Gasteiger partial charge in [0.05, 0.1) is 19.3 Å². The lowest BCUT2D eigenvalue weighted by molar-refractivity contribution is 0.00264. The number of hydrogen-bond donors (Lipinski definition) is 1. The summed E-state index contributed by atoms with van der Waals surface area (Å²) in [4.78, 5) is 2.54. The van der Waals surface area contributed by atoms with Crippen molar-refractivity contribution in [2.24, 2.45) is 0 Å². The average Bonchev–Trinajstić information content (AvgIpc) is 2.39. The lowest BCUT2D eigenvalue weighted by atomic mass is 10.1. The van der Waals surface area contributed by atoms with Crippen LogP contribution in [-0.4, -0.2) is 63.0 Å². The molecule has 0 aromatic rings. The fraction of sp³-hybridized carbons (Fsp3) is 1.00. The Labute approximate surface area is 105 Å². The van der Waals surface area contributed by atoms with Crippen molar-refractivity contribution in [3.05, 3.63) is 0 Å². The zero-order valence-corrected chi connectivity index (χ0v) is 11.0. The molecule has 2 unspecified atom stereocenters. The molecule has 1 N–H and O–H groups in total. The molecule has 0 aliphatic carbocycles. The van der Waals surface area contributed by atoms with E-state index in [0.717, 1.165) is 32.9 Å². The Bertz CT molecular complexity index is 206. The van der Waals surface area contributed by atoms with Gasteiger partial charge in [-0.25, -0.2) is 0 Å². The molecule has 4 heteroatoms. The Morgan fingerprint density at radius 2 is 2.41 bits per heavy atom. The topological polar surface area (TPSA) is 33.7 Å². The van der Waals surface area contributed by atoms with Gasteiger partial charge in [-0.3, -0.25) is 0 Å². The van der Waals surface area contributed by atoms with Crippen molar-refractivity contribution in [1.82, 2.24) is 10.2 Å². The molecular weight excluding hydrogens is 216 g/mol. The van der Waals surface area contributed by atoms with Crippen LogP contribution in [0.25, 0.3) is 0 Å². The summed E-state index contributed by atoms with van der Waals surface area (Å²) in [5.74, 6) is 0. The van der Waals surface area contributed by atoms with Gasteiger partial charge in [-0.2, -0.15) is 0 Å². The largest absolute Gasteiger partial charge is 0.379 e. The third kappa shape index (κ3) is 4.54. The highest BCUT2D eigenvalue weighted by atomic mass is 16.5. The van der Waals surface area contributed by atoms with Gasteiger partial charge >= 0.3 is 0 Å². The second-order valence-electron chi connectivity index (χ2n) is 5.03. The summed E-state index contributed by atoms with van der Waals surface area (Å²) in [5, 5.41) is 3.51. The highest BCUT2D eigenvalue weighted by Crippen LogP contribution is 2.14. The number of morpholine rings is 1. The van der Waals surface area contributed by atoms with E-state index in [1.807, 2.05) is 0 Å². The predicted molar refractivity (Wildman–Crippen MR) is 68.3 cm³/mol. The second-order valence-corrected chi connectivity index (χ2v) is 5.03. The molecule has 2 saturated heterocycles. The monoisotopic (exact) mass is 242 g/mol. The number of hydrogen-bond acceptors (Lipinski definition) is 4. The lowest BCUT2D eigenvalue weighted by Crippen LogP contribution is -2.45. The molecular formula is C13H26N2O2. The van der Waals surface area contributed by atoms with Gasteiger partial charge < -0.3 is 19.7 Å². The molecule has 2 rings (SSSR count). The van der Waals surface area contributed by atoms with Gasteiger partial charge in [0.1, 0.15) is 0 Å². The van der Waals surface area contributed by atoms with E-state index in [9.17, 15) is 0 Å². The normalized spacial score (nSPS) is 31.6. The van der Waals surface area contributed by atoms with E-state index in [0.29, 0.717) is 12.1 Å². The summed E-state index contributed by atoms with van der Waals surface area (Å²) in [6.07, 6.45) is 4.16. The lowest BCUT2D eigenvalue weighted by Gasteiger charge is -2.34. The maximum atomic E-state index is 5.72. The van der Waals surface area contributed by atoms with Crippen LogP contribution >= 0.6 is 0 Å². The quantitative estimate of drug-likeness (QED) is 0.775. The van der Waals surface area contributed by atoms with Crippen LogP contribution in [0.2, 0.25) is 0 Å². The molecule has 0 bridgehead atoms. The molecule has 17 heavy (non-hydrogen) atoms. The van der Waals surface area contributed by atoms with Crippen LogP contribution in [0.4, 0.5) is 0 Å². The number of ether oxygens (including phenoxy) is 2. The van der Waals surface area contributed by atoms with E-state index in [4.69, 9.17) is 9.47 Å². The van der Waals surface area contributed by atoms with Crippen molar-refractivity contribution < 1.29 is 9.47 Å². The van der Waals surface area contributed by atoms with Crippen LogP contribution < -0.4 is 5.32 Å². The van der Waals surface area contributed by atoms with Crippen LogP contribution in [0.1, 0.15) is 26.2 Å². The summed E-state index contributed by atoms with van der Waals surface area (Å²) < 4.78 is 11.2. The predicted octanol–water partition coefficient (Wildman–Crippen LogP) is 0.866. The molecule has 4 nitrogen and oxygen atoms in total. The van der Waals surface area contributed by atoms with Crippen LogP contribution in [-0.2, 0) is 9.47 Å². The zero-order chi connectivity index (χ0) is 11.9. The van der Waals surface area contributed by atoms with Crippen molar-refractivity contribution >= 4 is 0 Å². The first kappa shape index (κ1) is 13.3. The summed E-state index contributed by atoms with van der Waals surface area (Å²) >= 11 is 0. The Kier molecular flexibility index (Phi) is 5.71. The molecule has 2 heterocycles. The van der Waals surface area contributed by atoms with Gasteiger partial charge in [0, 0.05) is 25.7 Å². The Morgan fingerprint density at radius 1 is 1.47 bits per heavy atom. The highest BCUT2D eigenvalue weighted by molar-refractivity contribution is 4.77. The highest BCUT2D eigenvalue weighted by Gasteiger charge is 2.21. The fourth-order valence-corrected chi connectivity index (χ4v) is 2.73. The Hall–Kier alpha value is -0.160. The molecule has 0 spiro atoms. The van der Waals surface area contributed by atoms with Gasteiger partial charge in [-0.15, -0.1) is 0 Å². The molecule has 2 aliphatic heterocycles. The molecule has 0 saturated carbocycles. The minimum Gasteiger partial charge on any atom is -0.379 e. The summed E-state index contributed by atoms with van der Waals surface area (Å²) in [5.41, 5.74) is 0. The van der Waals surface area contributed by atoms with Crippen molar-refractivity contribution in [2.75, 3.05) is 46.0 Å².